The van der Waals surface area contributed by atoms with Gasteiger partial charge in [-0.05, 0) is 49.1 Å². The van der Waals surface area contributed by atoms with Gasteiger partial charge in [0, 0.05) is 25.1 Å². The largest absolute Gasteiger partial charge is 0.352 e. The topological polar surface area (TPSA) is 46.9 Å². The monoisotopic (exact) mass is 319 g/mol. The SMILES string of the molecule is Cn1c(C2CC2)nc2cc(CCNC(=O)c3ccccc3)ccc21. The van der Waals surface area contributed by atoms with Crippen LogP contribution in [-0.4, -0.2) is 22.0 Å². The van der Waals surface area contributed by atoms with Crippen LogP contribution in [0.15, 0.2) is 48.5 Å². The van der Waals surface area contributed by atoms with Crippen LogP contribution in [0.1, 0.15) is 40.5 Å². The third-order valence-electron chi connectivity index (χ3n) is 4.66. The number of benzene rings is 2. The van der Waals surface area contributed by atoms with Crippen LogP contribution in [0, 0.1) is 0 Å². The Bertz CT molecular complexity index is 879. The molecule has 1 aliphatic carbocycles. The molecule has 1 N–H and O–H groups in total. The molecule has 2 aromatic carbocycles. The molecule has 0 radical (unpaired) electrons. The van der Waals surface area contributed by atoms with Crippen LogP contribution < -0.4 is 5.32 Å². The molecule has 4 nitrogen and oxygen atoms in total. The number of rotatable bonds is 5. The molecule has 0 saturated heterocycles. The van der Waals surface area contributed by atoms with Crippen LogP contribution in [0.4, 0.5) is 0 Å². The zero-order valence-corrected chi connectivity index (χ0v) is 13.8. The number of carbonyl (C=O) groups is 1. The number of amides is 1. The molecule has 4 heteroatoms. The van der Waals surface area contributed by atoms with E-state index in [9.17, 15) is 4.79 Å². The van der Waals surface area contributed by atoms with Gasteiger partial charge in [0.15, 0.2) is 0 Å². The molecule has 1 aromatic heterocycles. The Morgan fingerprint density at radius 2 is 2.00 bits per heavy atom. The van der Waals surface area contributed by atoms with Gasteiger partial charge in [-0.1, -0.05) is 24.3 Å². The highest BCUT2D eigenvalue weighted by molar-refractivity contribution is 5.94. The van der Waals surface area contributed by atoms with Gasteiger partial charge in [0.25, 0.3) is 5.91 Å². The van der Waals surface area contributed by atoms with Gasteiger partial charge in [-0.25, -0.2) is 4.98 Å². The van der Waals surface area contributed by atoms with Crippen LogP contribution in [0.2, 0.25) is 0 Å². The molecule has 24 heavy (non-hydrogen) atoms. The summed E-state index contributed by atoms with van der Waals surface area (Å²) in [6, 6.07) is 15.7. The molecule has 122 valence electrons. The lowest BCUT2D eigenvalue weighted by molar-refractivity contribution is 0.0954. The van der Waals surface area contributed by atoms with Crippen LogP contribution in [-0.2, 0) is 13.5 Å². The average molecular weight is 319 g/mol. The summed E-state index contributed by atoms with van der Waals surface area (Å²) in [6.45, 7) is 0.627. The van der Waals surface area contributed by atoms with Crippen molar-refractivity contribution in [2.75, 3.05) is 6.54 Å². The maximum absolute atomic E-state index is 12.1. The number of hydrogen-bond acceptors (Lipinski definition) is 2. The number of fused-ring (bicyclic) bond motifs is 1. The van der Waals surface area contributed by atoms with E-state index in [-0.39, 0.29) is 5.91 Å². The van der Waals surface area contributed by atoms with Crippen molar-refractivity contribution in [3.8, 4) is 0 Å². The third-order valence-corrected chi connectivity index (χ3v) is 4.66. The number of hydrogen-bond donors (Lipinski definition) is 1. The molecular weight excluding hydrogens is 298 g/mol. The molecule has 1 saturated carbocycles. The summed E-state index contributed by atoms with van der Waals surface area (Å²) in [5.74, 6) is 1.83. The van der Waals surface area contributed by atoms with E-state index in [1.54, 1.807) is 0 Å². The minimum absolute atomic E-state index is 0.0227. The lowest BCUT2D eigenvalue weighted by Crippen LogP contribution is -2.25. The molecule has 1 amide bonds. The molecular formula is C20H21N3O. The van der Waals surface area contributed by atoms with Crippen molar-refractivity contribution in [2.24, 2.45) is 7.05 Å². The summed E-state index contributed by atoms with van der Waals surface area (Å²) in [6.07, 6.45) is 3.33. The van der Waals surface area contributed by atoms with Gasteiger partial charge in [0.2, 0.25) is 0 Å². The fourth-order valence-electron chi connectivity index (χ4n) is 3.14. The Labute approximate surface area is 141 Å². The Balaban J connectivity index is 1.42. The molecule has 0 atom stereocenters. The highest BCUT2D eigenvalue weighted by Gasteiger charge is 2.28. The number of imidazole rings is 1. The van der Waals surface area contributed by atoms with Gasteiger partial charge < -0.3 is 9.88 Å². The summed E-state index contributed by atoms with van der Waals surface area (Å²) >= 11 is 0. The maximum Gasteiger partial charge on any atom is 0.251 e. The zero-order chi connectivity index (χ0) is 16.5. The van der Waals surface area contributed by atoms with Crippen molar-refractivity contribution in [2.45, 2.75) is 25.2 Å². The van der Waals surface area contributed by atoms with Gasteiger partial charge in [0.1, 0.15) is 5.82 Å². The Morgan fingerprint density at radius 3 is 2.75 bits per heavy atom. The minimum atomic E-state index is -0.0227. The van der Waals surface area contributed by atoms with Crippen molar-refractivity contribution in [3.05, 3.63) is 65.5 Å². The van der Waals surface area contributed by atoms with E-state index < -0.39 is 0 Å². The number of carbonyl (C=O) groups excluding carboxylic acids is 1. The molecule has 1 aliphatic rings. The van der Waals surface area contributed by atoms with Gasteiger partial charge >= 0.3 is 0 Å². The van der Waals surface area contributed by atoms with Crippen molar-refractivity contribution >= 4 is 16.9 Å². The van der Waals surface area contributed by atoms with E-state index in [1.165, 1.54) is 29.7 Å². The fraction of sp³-hybridized carbons (Fsp3) is 0.300. The average Bonchev–Trinajstić information content (AvgIpc) is 3.40. The molecule has 0 spiro atoms. The Kier molecular flexibility index (Phi) is 3.81. The smallest absolute Gasteiger partial charge is 0.251 e. The fourth-order valence-corrected chi connectivity index (χ4v) is 3.14. The second-order valence-electron chi connectivity index (χ2n) is 6.50. The molecule has 4 rings (SSSR count). The number of aromatic nitrogens is 2. The maximum atomic E-state index is 12.1. The van der Waals surface area contributed by atoms with E-state index in [4.69, 9.17) is 4.98 Å². The normalized spacial score (nSPS) is 14.0. The van der Waals surface area contributed by atoms with Crippen LogP contribution in [0.5, 0.6) is 0 Å². The van der Waals surface area contributed by atoms with Gasteiger partial charge in [-0.15, -0.1) is 0 Å². The van der Waals surface area contributed by atoms with Crippen molar-refractivity contribution < 1.29 is 4.79 Å². The van der Waals surface area contributed by atoms with Crippen LogP contribution in [0.25, 0.3) is 11.0 Å². The second-order valence-corrected chi connectivity index (χ2v) is 6.50. The third kappa shape index (κ3) is 2.92. The summed E-state index contributed by atoms with van der Waals surface area (Å²) in [7, 11) is 2.10. The molecule has 0 bridgehead atoms. The first-order valence-corrected chi connectivity index (χ1v) is 8.51. The summed E-state index contributed by atoms with van der Waals surface area (Å²) in [4.78, 5) is 16.9. The lowest BCUT2D eigenvalue weighted by Gasteiger charge is -2.06. The highest BCUT2D eigenvalue weighted by Crippen LogP contribution is 2.40. The summed E-state index contributed by atoms with van der Waals surface area (Å²) in [5, 5.41) is 2.98. The van der Waals surface area contributed by atoms with Crippen molar-refractivity contribution in [1.29, 1.82) is 0 Å². The standard InChI is InChI=1S/C20H21N3O/c1-23-18-10-7-14(13-17(18)22-19(23)15-8-9-15)11-12-21-20(24)16-5-3-2-4-6-16/h2-7,10,13,15H,8-9,11-12H2,1H3,(H,21,24). The van der Waals surface area contributed by atoms with Crippen LogP contribution in [0.3, 0.4) is 0 Å². The molecule has 0 unspecified atom stereocenters. The molecule has 1 heterocycles. The van der Waals surface area contributed by atoms with Crippen molar-refractivity contribution in [1.82, 2.24) is 14.9 Å². The Morgan fingerprint density at radius 1 is 1.21 bits per heavy atom. The van der Waals surface area contributed by atoms with Crippen molar-refractivity contribution in [3.63, 3.8) is 0 Å². The lowest BCUT2D eigenvalue weighted by atomic mass is 10.1. The summed E-state index contributed by atoms with van der Waals surface area (Å²) < 4.78 is 2.22. The van der Waals surface area contributed by atoms with Crippen LogP contribution >= 0.6 is 0 Å². The van der Waals surface area contributed by atoms with E-state index in [0.29, 0.717) is 18.0 Å². The Hall–Kier alpha value is -2.62. The van der Waals surface area contributed by atoms with E-state index >= 15 is 0 Å². The first-order chi connectivity index (χ1) is 11.7. The second kappa shape index (κ2) is 6.11. The summed E-state index contributed by atoms with van der Waals surface area (Å²) in [5.41, 5.74) is 4.16. The van der Waals surface area contributed by atoms with Gasteiger partial charge in [-0.2, -0.15) is 0 Å². The predicted molar refractivity (Wildman–Crippen MR) is 95.2 cm³/mol. The molecule has 3 aromatic rings. The molecule has 1 fully saturated rings. The molecule has 0 aliphatic heterocycles. The van der Waals surface area contributed by atoms with E-state index in [2.05, 4.69) is 35.1 Å². The first-order valence-electron chi connectivity index (χ1n) is 8.51. The quantitative estimate of drug-likeness (QED) is 0.783. The number of aryl methyl sites for hydroxylation is 1. The minimum Gasteiger partial charge on any atom is -0.352 e. The highest BCUT2D eigenvalue weighted by atomic mass is 16.1. The van der Waals surface area contributed by atoms with Gasteiger partial charge in [0.05, 0.1) is 11.0 Å². The first kappa shape index (κ1) is 14.9. The van der Waals surface area contributed by atoms with E-state index in [0.717, 1.165) is 11.9 Å². The number of nitrogens with zero attached hydrogens (tertiary/aromatic N) is 2. The zero-order valence-electron chi connectivity index (χ0n) is 13.8. The van der Waals surface area contributed by atoms with Gasteiger partial charge in [-0.3, -0.25) is 4.79 Å². The predicted octanol–water partition coefficient (Wildman–Crippen LogP) is 3.42. The number of nitrogens with one attached hydrogen (secondary N) is 1. The van der Waals surface area contributed by atoms with E-state index in [1.807, 2.05) is 30.3 Å².